The van der Waals surface area contributed by atoms with E-state index in [1.165, 1.54) is 0 Å². The van der Waals surface area contributed by atoms with Crippen molar-refractivity contribution in [2.24, 2.45) is 0 Å². The van der Waals surface area contributed by atoms with E-state index in [0.717, 1.165) is 34.9 Å². The predicted octanol–water partition coefficient (Wildman–Crippen LogP) is 5.30. The minimum atomic E-state index is -0.0773. The lowest BCUT2D eigenvalue weighted by molar-refractivity contribution is 0.182. The van der Waals surface area contributed by atoms with Crippen LogP contribution in [0.3, 0.4) is 0 Å². The van der Waals surface area contributed by atoms with Gasteiger partial charge in [0.25, 0.3) is 0 Å². The lowest BCUT2D eigenvalue weighted by Gasteiger charge is -2.23. The summed E-state index contributed by atoms with van der Waals surface area (Å²) < 4.78 is 5.12. The van der Waals surface area contributed by atoms with Crippen LogP contribution in [0.1, 0.15) is 18.4 Å². The van der Waals surface area contributed by atoms with E-state index in [1.54, 1.807) is 7.11 Å². The van der Waals surface area contributed by atoms with Crippen molar-refractivity contribution < 1.29 is 9.53 Å². The molecule has 2 amide bonds. The van der Waals surface area contributed by atoms with Crippen molar-refractivity contribution in [2.45, 2.75) is 19.4 Å². The van der Waals surface area contributed by atoms with Crippen LogP contribution in [0, 0.1) is 0 Å². The number of ether oxygens (including phenoxy) is 1. The van der Waals surface area contributed by atoms with Crippen molar-refractivity contribution in [1.29, 1.82) is 0 Å². The Labute approximate surface area is 160 Å². The Bertz CT molecular complexity index is 864. The molecule has 0 aliphatic rings. The first-order valence-corrected chi connectivity index (χ1v) is 9.34. The van der Waals surface area contributed by atoms with Gasteiger partial charge in [-0.2, -0.15) is 0 Å². The van der Waals surface area contributed by atoms with Crippen LogP contribution < -0.4 is 5.32 Å². The molecule has 0 saturated carbocycles. The summed E-state index contributed by atoms with van der Waals surface area (Å²) in [7, 11) is 1.70. The van der Waals surface area contributed by atoms with E-state index >= 15 is 0 Å². The van der Waals surface area contributed by atoms with Gasteiger partial charge in [0.1, 0.15) is 0 Å². The normalized spacial score (nSPS) is 10.7. The van der Waals surface area contributed by atoms with E-state index in [9.17, 15) is 4.79 Å². The smallest absolute Gasteiger partial charge is 0.322 e. The summed E-state index contributed by atoms with van der Waals surface area (Å²) in [5.41, 5.74) is 1.94. The average molecular weight is 362 g/mol. The molecule has 3 aromatic rings. The number of hydrogen-bond donors (Lipinski definition) is 1. The van der Waals surface area contributed by atoms with Crippen molar-refractivity contribution in [1.82, 2.24) is 4.90 Å². The Kier molecular flexibility index (Phi) is 6.83. The van der Waals surface area contributed by atoms with E-state index in [0.29, 0.717) is 19.7 Å². The fraction of sp³-hybridized carbons (Fsp3) is 0.261. The quantitative estimate of drug-likeness (QED) is 0.552. The van der Waals surface area contributed by atoms with Gasteiger partial charge in [-0.1, -0.05) is 60.7 Å². The molecular weight excluding hydrogens is 336 g/mol. The van der Waals surface area contributed by atoms with Crippen molar-refractivity contribution in [2.75, 3.05) is 25.6 Å². The van der Waals surface area contributed by atoms with Crippen LogP contribution in [0.5, 0.6) is 0 Å². The van der Waals surface area contributed by atoms with Crippen molar-refractivity contribution in [3.63, 3.8) is 0 Å². The van der Waals surface area contributed by atoms with E-state index in [4.69, 9.17) is 4.74 Å². The Morgan fingerprint density at radius 3 is 2.44 bits per heavy atom. The van der Waals surface area contributed by atoms with Crippen molar-refractivity contribution >= 4 is 22.5 Å². The average Bonchev–Trinajstić information content (AvgIpc) is 2.71. The van der Waals surface area contributed by atoms with E-state index in [-0.39, 0.29) is 6.03 Å². The Morgan fingerprint density at radius 2 is 1.67 bits per heavy atom. The van der Waals surface area contributed by atoms with Gasteiger partial charge in [0, 0.05) is 32.5 Å². The Balaban J connectivity index is 1.69. The van der Waals surface area contributed by atoms with Gasteiger partial charge in [-0.05, 0) is 41.3 Å². The highest BCUT2D eigenvalue weighted by atomic mass is 16.5. The highest BCUT2D eigenvalue weighted by Crippen LogP contribution is 2.19. The number of fused-ring (bicyclic) bond motifs is 1. The summed E-state index contributed by atoms with van der Waals surface area (Å²) in [6, 6.07) is 24.1. The zero-order chi connectivity index (χ0) is 18.9. The molecule has 0 spiro atoms. The summed E-state index contributed by atoms with van der Waals surface area (Å²) in [5.74, 6) is 0. The zero-order valence-corrected chi connectivity index (χ0v) is 15.7. The standard InChI is InChI=1S/C23H26N2O2/c1-27-16-8-7-15-25(18-19-9-3-2-4-10-19)23(26)24-22-14-13-20-11-5-6-12-21(20)17-22/h2-6,9-14,17H,7-8,15-16,18H2,1H3,(H,24,26). The van der Waals surface area contributed by atoms with Gasteiger partial charge in [-0.15, -0.1) is 0 Å². The monoisotopic (exact) mass is 362 g/mol. The summed E-state index contributed by atoms with van der Waals surface area (Å²) in [6.07, 6.45) is 1.84. The largest absolute Gasteiger partial charge is 0.385 e. The lowest BCUT2D eigenvalue weighted by Crippen LogP contribution is -2.35. The van der Waals surface area contributed by atoms with Crippen molar-refractivity contribution in [3.8, 4) is 0 Å². The first kappa shape index (κ1) is 18.9. The van der Waals surface area contributed by atoms with Gasteiger partial charge in [-0.25, -0.2) is 4.79 Å². The van der Waals surface area contributed by atoms with Crippen LogP contribution >= 0.6 is 0 Å². The van der Waals surface area contributed by atoms with Crippen LogP contribution in [0.4, 0.5) is 10.5 Å². The second-order valence-corrected chi connectivity index (χ2v) is 6.60. The molecule has 140 valence electrons. The number of nitrogens with zero attached hydrogens (tertiary/aromatic N) is 1. The summed E-state index contributed by atoms with van der Waals surface area (Å²) in [5, 5.41) is 5.33. The number of urea groups is 1. The second-order valence-electron chi connectivity index (χ2n) is 6.60. The maximum Gasteiger partial charge on any atom is 0.322 e. The number of carbonyl (C=O) groups excluding carboxylic acids is 1. The Hall–Kier alpha value is -2.85. The van der Waals surface area contributed by atoms with E-state index in [1.807, 2.05) is 65.6 Å². The molecule has 0 fully saturated rings. The maximum absolute atomic E-state index is 12.9. The summed E-state index contributed by atoms with van der Waals surface area (Å²) in [4.78, 5) is 14.8. The molecule has 0 heterocycles. The molecule has 0 aliphatic heterocycles. The molecule has 0 aliphatic carbocycles. The number of anilines is 1. The fourth-order valence-corrected chi connectivity index (χ4v) is 3.07. The molecule has 0 unspecified atom stereocenters. The highest BCUT2D eigenvalue weighted by Gasteiger charge is 2.14. The Morgan fingerprint density at radius 1 is 0.926 bits per heavy atom. The first-order valence-electron chi connectivity index (χ1n) is 9.34. The SMILES string of the molecule is COCCCCN(Cc1ccccc1)C(=O)Nc1ccc2ccccc2c1. The maximum atomic E-state index is 12.9. The predicted molar refractivity (Wildman–Crippen MR) is 111 cm³/mol. The topological polar surface area (TPSA) is 41.6 Å². The molecule has 0 saturated heterocycles. The molecule has 0 bridgehead atoms. The second kappa shape index (κ2) is 9.74. The minimum Gasteiger partial charge on any atom is -0.385 e. The number of unbranched alkanes of at least 4 members (excludes halogenated alkanes) is 1. The summed E-state index contributed by atoms with van der Waals surface area (Å²) >= 11 is 0. The number of rotatable bonds is 8. The van der Waals surface area contributed by atoms with Gasteiger partial charge in [0.2, 0.25) is 0 Å². The molecule has 27 heavy (non-hydrogen) atoms. The zero-order valence-electron chi connectivity index (χ0n) is 15.7. The van der Waals surface area contributed by atoms with Gasteiger partial charge >= 0.3 is 6.03 Å². The molecule has 0 atom stereocenters. The van der Waals surface area contributed by atoms with Crippen LogP contribution in [-0.4, -0.2) is 31.2 Å². The van der Waals surface area contributed by atoms with E-state index in [2.05, 4.69) is 17.4 Å². The van der Waals surface area contributed by atoms with Crippen LogP contribution in [0.2, 0.25) is 0 Å². The van der Waals surface area contributed by atoms with E-state index < -0.39 is 0 Å². The third kappa shape index (κ3) is 5.56. The number of benzene rings is 3. The molecular formula is C23H26N2O2. The number of carbonyl (C=O) groups is 1. The number of nitrogens with one attached hydrogen (secondary N) is 1. The molecule has 0 radical (unpaired) electrons. The molecule has 0 aromatic heterocycles. The fourth-order valence-electron chi connectivity index (χ4n) is 3.07. The first-order chi connectivity index (χ1) is 13.3. The molecule has 3 rings (SSSR count). The lowest BCUT2D eigenvalue weighted by atomic mass is 10.1. The van der Waals surface area contributed by atoms with Gasteiger partial charge in [0.15, 0.2) is 0 Å². The van der Waals surface area contributed by atoms with Crippen LogP contribution in [0.15, 0.2) is 72.8 Å². The van der Waals surface area contributed by atoms with Gasteiger partial charge in [0.05, 0.1) is 0 Å². The highest BCUT2D eigenvalue weighted by molar-refractivity contribution is 5.93. The number of amides is 2. The van der Waals surface area contributed by atoms with Crippen LogP contribution in [0.25, 0.3) is 10.8 Å². The third-order valence-corrected chi connectivity index (χ3v) is 4.53. The molecule has 4 heteroatoms. The van der Waals surface area contributed by atoms with Crippen LogP contribution in [-0.2, 0) is 11.3 Å². The third-order valence-electron chi connectivity index (χ3n) is 4.53. The summed E-state index contributed by atoms with van der Waals surface area (Å²) in [6.45, 7) is 2.00. The molecule has 1 N–H and O–H groups in total. The van der Waals surface area contributed by atoms with Gasteiger partial charge < -0.3 is 15.0 Å². The van der Waals surface area contributed by atoms with Gasteiger partial charge in [-0.3, -0.25) is 0 Å². The number of hydrogen-bond acceptors (Lipinski definition) is 2. The number of methoxy groups -OCH3 is 1. The molecule has 4 nitrogen and oxygen atoms in total. The molecule has 3 aromatic carbocycles. The minimum absolute atomic E-state index is 0.0773. The van der Waals surface area contributed by atoms with Crippen molar-refractivity contribution in [3.05, 3.63) is 78.4 Å².